The van der Waals surface area contributed by atoms with Crippen molar-refractivity contribution in [1.29, 1.82) is 0 Å². The highest BCUT2D eigenvalue weighted by atomic mass is 19.1. The number of nitrogens with one attached hydrogen (secondary N) is 1. The van der Waals surface area contributed by atoms with Crippen LogP contribution >= 0.6 is 0 Å². The summed E-state index contributed by atoms with van der Waals surface area (Å²) in [6.07, 6.45) is 2.63. The fourth-order valence-electron chi connectivity index (χ4n) is 5.67. The molecule has 2 aliphatic heterocycles. The van der Waals surface area contributed by atoms with E-state index in [1.807, 2.05) is 13.8 Å². The molecule has 3 aliphatic rings. The number of amides is 4. The monoisotopic (exact) mass is 536 g/mol. The van der Waals surface area contributed by atoms with Crippen LogP contribution in [-0.4, -0.2) is 70.4 Å². The van der Waals surface area contributed by atoms with Crippen LogP contribution in [0.25, 0.3) is 0 Å². The number of hydrogen-bond donors (Lipinski definition) is 2. The number of nitrogens with zero attached hydrogens (tertiary/aromatic N) is 3. The number of likely N-dealkylation sites (N-methyl/N-ethyl adjacent to an activating group) is 1. The van der Waals surface area contributed by atoms with Gasteiger partial charge in [-0.05, 0) is 79.5 Å². The first kappa shape index (κ1) is 26.6. The molecule has 206 valence electrons. The Hall–Kier alpha value is -3.95. The molecule has 0 radical (unpaired) electrons. The summed E-state index contributed by atoms with van der Waals surface area (Å²) in [4.78, 5) is 55.6. The van der Waals surface area contributed by atoms with Gasteiger partial charge in [0.25, 0.3) is 5.91 Å². The number of hydrogen-bond acceptors (Lipinski definition) is 5. The van der Waals surface area contributed by atoms with Gasteiger partial charge in [-0.2, -0.15) is 0 Å². The second kappa shape index (κ2) is 9.98. The van der Waals surface area contributed by atoms with Gasteiger partial charge >= 0.3 is 12.0 Å². The number of likely N-dealkylation sites (tertiary alicyclic amines) is 1. The molecule has 1 aliphatic carbocycles. The summed E-state index contributed by atoms with van der Waals surface area (Å²) in [5, 5.41) is 12.4. The van der Waals surface area contributed by atoms with Gasteiger partial charge in [0.2, 0.25) is 5.91 Å². The van der Waals surface area contributed by atoms with E-state index in [1.54, 1.807) is 17.0 Å². The number of benzene rings is 2. The zero-order valence-electron chi connectivity index (χ0n) is 22.3. The summed E-state index contributed by atoms with van der Waals surface area (Å²) in [6.45, 7) is 4.29. The van der Waals surface area contributed by atoms with Gasteiger partial charge in [0.1, 0.15) is 17.4 Å². The minimum atomic E-state index is -1.17. The van der Waals surface area contributed by atoms with E-state index < -0.39 is 29.4 Å². The molecular formula is C29H33FN4O5. The predicted octanol–water partition coefficient (Wildman–Crippen LogP) is 4.30. The lowest BCUT2D eigenvalue weighted by Crippen LogP contribution is -2.59. The molecule has 1 saturated carbocycles. The van der Waals surface area contributed by atoms with Crippen molar-refractivity contribution in [3.63, 3.8) is 0 Å². The molecule has 3 fully saturated rings. The van der Waals surface area contributed by atoms with Crippen LogP contribution in [0.3, 0.4) is 0 Å². The van der Waals surface area contributed by atoms with Gasteiger partial charge in [-0.3, -0.25) is 19.4 Å². The predicted molar refractivity (Wildman–Crippen MR) is 143 cm³/mol. The molecule has 0 aromatic heterocycles. The zero-order valence-corrected chi connectivity index (χ0v) is 22.3. The van der Waals surface area contributed by atoms with Crippen LogP contribution in [0, 0.1) is 11.7 Å². The second-order valence-electron chi connectivity index (χ2n) is 11.1. The number of carbonyl (C=O) groups excluding carboxylic acids is 3. The molecule has 1 spiro atoms. The summed E-state index contributed by atoms with van der Waals surface area (Å²) >= 11 is 0. The smallest absolute Gasteiger partial charge is 0.335 e. The molecule has 0 bridgehead atoms. The van der Waals surface area contributed by atoms with E-state index in [-0.39, 0.29) is 49.2 Å². The Balaban J connectivity index is 1.34. The van der Waals surface area contributed by atoms with Gasteiger partial charge in [-0.1, -0.05) is 19.9 Å². The number of carbonyl (C=O) groups is 4. The van der Waals surface area contributed by atoms with Gasteiger partial charge in [-0.15, -0.1) is 0 Å². The van der Waals surface area contributed by atoms with E-state index in [0.717, 1.165) is 23.3 Å². The van der Waals surface area contributed by atoms with Gasteiger partial charge in [0, 0.05) is 25.8 Å². The fraction of sp³-hybridized carbons (Fsp3) is 0.448. The van der Waals surface area contributed by atoms with E-state index in [4.69, 9.17) is 0 Å². The van der Waals surface area contributed by atoms with E-state index in [1.165, 1.54) is 42.3 Å². The molecule has 0 unspecified atom stereocenters. The summed E-state index contributed by atoms with van der Waals surface area (Å²) in [7, 11) is 1.43. The third-order valence-corrected chi connectivity index (χ3v) is 8.17. The molecule has 10 heteroatoms. The lowest BCUT2D eigenvalue weighted by atomic mass is 9.85. The van der Waals surface area contributed by atoms with Gasteiger partial charge in [0.05, 0.1) is 11.3 Å². The van der Waals surface area contributed by atoms with Crippen molar-refractivity contribution in [1.82, 2.24) is 9.80 Å². The first-order chi connectivity index (χ1) is 18.5. The first-order valence-electron chi connectivity index (χ1n) is 13.3. The highest BCUT2D eigenvalue weighted by molar-refractivity contribution is 6.16. The van der Waals surface area contributed by atoms with E-state index >= 15 is 0 Å². The molecule has 2 aromatic carbocycles. The molecular weight excluding hydrogens is 503 g/mol. The number of urea groups is 1. The van der Waals surface area contributed by atoms with E-state index in [9.17, 15) is 28.7 Å². The zero-order chi connectivity index (χ0) is 28.1. The molecule has 2 saturated heterocycles. The normalized spacial score (nSPS) is 19.7. The minimum Gasteiger partial charge on any atom is -0.478 e. The number of carboxylic acid groups (broad SMARTS) is 1. The number of halogens is 1. The minimum absolute atomic E-state index is 0.0749. The van der Waals surface area contributed by atoms with Crippen LogP contribution in [0.4, 0.5) is 20.6 Å². The Kier molecular flexibility index (Phi) is 6.82. The molecule has 2 heterocycles. The standard InChI is InChI=1S/C29H33FN4O5/c1-17(2)24(31-23-16-20(18-4-5-18)8-11-22(23)30)25(35)33-14-12-29(13-15-33)27(38)32(3)28(39)34(29)21-9-6-19(7-10-21)26(36)37/h6-11,16-18,24,31H,4-5,12-15H2,1-3H3,(H,36,37)/t24-/m1/s1. The maximum absolute atomic E-state index is 14.7. The average Bonchev–Trinajstić information content (AvgIpc) is 3.75. The third kappa shape index (κ3) is 4.72. The molecule has 2 N–H and O–H groups in total. The number of carboxylic acids is 1. The van der Waals surface area contributed by atoms with Crippen LogP contribution in [0.5, 0.6) is 0 Å². The fourth-order valence-corrected chi connectivity index (χ4v) is 5.67. The molecule has 4 amide bonds. The largest absolute Gasteiger partial charge is 0.478 e. The van der Waals surface area contributed by atoms with Gasteiger partial charge < -0.3 is 15.3 Å². The van der Waals surface area contributed by atoms with Crippen molar-refractivity contribution in [3.8, 4) is 0 Å². The van der Waals surface area contributed by atoms with E-state index in [0.29, 0.717) is 17.3 Å². The van der Waals surface area contributed by atoms with Crippen LogP contribution < -0.4 is 10.2 Å². The van der Waals surface area contributed by atoms with Crippen molar-refractivity contribution in [2.75, 3.05) is 30.4 Å². The quantitative estimate of drug-likeness (QED) is 0.511. The van der Waals surface area contributed by atoms with Crippen LogP contribution in [0.1, 0.15) is 61.4 Å². The maximum atomic E-state index is 14.7. The van der Waals surface area contributed by atoms with Crippen LogP contribution in [-0.2, 0) is 9.59 Å². The second-order valence-corrected chi connectivity index (χ2v) is 11.1. The van der Waals surface area contributed by atoms with Crippen molar-refractivity contribution in [2.24, 2.45) is 5.92 Å². The molecule has 1 atom stereocenters. The number of piperidine rings is 1. The van der Waals surface area contributed by atoms with Gasteiger partial charge in [-0.25, -0.2) is 14.0 Å². The van der Waals surface area contributed by atoms with Crippen LogP contribution in [0.15, 0.2) is 42.5 Å². The van der Waals surface area contributed by atoms with Crippen molar-refractivity contribution < 1.29 is 28.7 Å². The summed E-state index contributed by atoms with van der Waals surface area (Å²) < 4.78 is 14.7. The Morgan fingerprint density at radius 2 is 1.69 bits per heavy atom. The SMILES string of the molecule is CC(C)[C@@H](Nc1cc(C2CC2)ccc1F)C(=O)N1CCC2(CC1)C(=O)N(C)C(=O)N2c1ccc(C(=O)O)cc1. The number of anilines is 2. The topological polar surface area (TPSA) is 110 Å². The van der Waals surface area contributed by atoms with E-state index in [2.05, 4.69) is 5.32 Å². The first-order valence-corrected chi connectivity index (χ1v) is 13.3. The Bertz CT molecular complexity index is 1320. The Labute approximate surface area is 226 Å². The lowest BCUT2D eigenvalue weighted by Gasteiger charge is -2.43. The molecule has 5 rings (SSSR count). The highest BCUT2D eigenvalue weighted by Crippen LogP contribution is 2.42. The number of rotatable bonds is 7. The van der Waals surface area contributed by atoms with Crippen molar-refractivity contribution in [3.05, 3.63) is 59.4 Å². The molecule has 9 nitrogen and oxygen atoms in total. The van der Waals surface area contributed by atoms with Crippen LogP contribution in [0.2, 0.25) is 0 Å². The highest BCUT2D eigenvalue weighted by Gasteiger charge is 2.58. The van der Waals surface area contributed by atoms with Crippen molar-refractivity contribution in [2.45, 2.75) is 57.0 Å². The molecule has 39 heavy (non-hydrogen) atoms. The maximum Gasteiger partial charge on any atom is 0.335 e. The molecule has 2 aromatic rings. The summed E-state index contributed by atoms with van der Waals surface area (Å²) in [5.74, 6) is -1.69. The lowest BCUT2D eigenvalue weighted by molar-refractivity contribution is -0.138. The average molecular weight is 537 g/mol. The Morgan fingerprint density at radius 3 is 2.26 bits per heavy atom. The number of aromatic carboxylic acids is 1. The number of imide groups is 1. The third-order valence-electron chi connectivity index (χ3n) is 8.17. The van der Waals surface area contributed by atoms with Gasteiger partial charge in [0.15, 0.2) is 0 Å². The Morgan fingerprint density at radius 1 is 1.05 bits per heavy atom. The van der Waals surface area contributed by atoms with Crippen molar-refractivity contribution >= 4 is 35.2 Å². The summed E-state index contributed by atoms with van der Waals surface area (Å²) in [6, 6.07) is 9.74. The summed E-state index contributed by atoms with van der Waals surface area (Å²) in [5.41, 5.74) is 0.715.